The third kappa shape index (κ3) is 3.95. The average molecular weight is 339 g/mol. The minimum Gasteiger partial charge on any atom is -0.289 e. The molecule has 2 aromatic carbocycles. The van der Waals surface area contributed by atoms with Crippen LogP contribution in [-0.2, 0) is 10.8 Å². The molecule has 0 N–H and O–H groups in total. The van der Waals surface area contributed by atoms with Crippen molar-refractivity contribution in [2.24, 2.45) is 0 Å². The number of hydrogen-bond donors (Lipinski definition) is 0. The van der Waals surface area contributed by atoms with Gasteiger partial charge in [-0.3, -0.25) is 14.9 Å². The molecule has 0 bridgehead atoms. The summed E-state index contributed by atoms with van der Waals surface area (Å²) >= 11 is 0. The Bertz CT molecular complexity index is 810. The molecule has 0 aromatic heterocycles. The predicted octanol–water partition coefficient (Wildman–Crippen LogP) is 5.42. The van der Waals surface area contributed by atoms with Gasteiger partial charge in [-0.1, -0.05) is 71.9 Å². The fourth-order valence-corrected chi connectivity index (χ4v) is 2.89. The van der Waals surface area contributed by atoms with Gasteiger partial charge in [0.2, 0.25) is 0 Å². The fourth-order valence-electron chi connectivity index (χ4n) is 2.89. The second-order valence-corrected chi connectivity index (χ2v) is 8.37. The van der Waals surface area contributed by atoms with Crippen molar-refractivity contribution < 1.29 is 9.72 Å². The normalized spacial score (nSPS) is 12.1. The van der Waals surface area contributed by atoms with E-state index in [2.05, 4.69) is 0 Å². The highest BCUT2D eigenvalue weighted by atomic mass is 16.6. The zero-order valence-corrected chi connectivity index (χ0v) is 15.7. The van der Waals surface area contributed by atoms with E-state index in [1.54, 1.807) is 24.3 Å². The molecule has 0 fully saturated rings. The minimum atomic E-state index is -0.394. The Balaban J connectivity index is 2.80. The highest BCUT2D eigenvalue weighted by Gasteiger charge is 2.32. The molecule has 0 radical (unpaired) electrons. The molecule has 0 unspecified atom stereocenters. The van der Waals surface area contributed by atoms with E-state index < -0.39 is 10.3 Å². The first-order valence-corrected chi connectivity index (χ1v) is 8.36. The number of nitro groups is 1. The van der Waals surface area contributed by atoms with E-state index in [1.807, 2.05) is 53.7 Å². The molecule has 0 amide bonds. The summed E-state index contributed by atoms with van der Waals surface area (Å²) in [5, 5.41) is 11.6. The van der Waals surface area contributed by atoms with Crippen molar-refractivity contribution in [3.8, 4) is 0 Å². The Labute approximate surface area is 149 Å². The Morgan fingerprint density at radius 2 is 1.40 bits per heavy atom. The summed E-state index contributed by atoms with van der Waals surface area (Å²) in [5.41, 5.74) is 1.71. The number of hydrogen-bond acceptors (Lipinski definition) is 3. The highest BCUT2D eigenvalue weighted by Crippen LogP contribution is 2.38. The van der Waals surface area contributed by atoms with Crippen molar-refractivity contribution in [1.29, 1.82) is 0 Å². The molecule has 4 heteroatoms. The molecule has 25 heavy (non-hydrogen) atoms. The topological polar surface area (TPSA) is 60.2 Å². The summed E-state index contributed by atoms with van der Waals surface area (Å²) < 4.78 is 0. The lowest BCUT2D eigenvalue weighted by atomic mass is 9.76. The van der Waals surface area contributed by atoms with E-state index in [1.165, 1.54) is 6.07 Å². The van der Waals surface area contributed by atoms with E-state index in [0.717, 1.165) is 5.56 Å². The molecular formula is C21H25NO3. The highest BCUT2D eigenvalue weighted by molar-refractivity contribution is 6.10. The van der Waals surface area contributed by atoms with Gasteiger partial charge in [0.05, 0.1) is 4.92 Å². The van der Waals surface area contributed by atoms with Crippen LogP contribution in [0.4, 0.5) is 5.69 Å². The van der Waals surface area contributed by atoms with E-state index >= 15 is 0 Å². The summed E-state index contributed by atoms with van der Waals surface area (Å²) in [4.78, 5) is 24.3. The van der Waals surface area contributed by atoms with Crippen LogP contribution in [0.1, 0.15) is 68.6 Å². The molecule has 0 aliphatic carbocycles. The van der Waals surface area contributed by atoms with E-state index in [-0.39, 0.29) is 16.9 Å². The van der Waals surface area contributed by atoms with Crippen LogP contribution in [0.2, 0.25) is 0 Å². The molecule has 0 atom stereocenters. The van der Waals surface area contributed by atoms with Gasteiger partial charge in [-0.2, -0.15) is 0 Å². The summed E-state index contributed by atoms with van der Waals surface area (Å²) in [6, 6.07) is 12.2. The van der Waals surface area contributed by atoms with Gasteiger partial charge in [-0.25, -0.2) is 0 Å². The molecule has 4 nitrogen and oxygen atoms in total. The van der Waals surface area contributed by atoms with Gasteiger partial charge in [-0.05, 0) is 22.5 Å². The van der Waals surface area contributed by atoms with Gasteiger partial charge in [0, 0.05) is 22.8 Å². The van der Waals surface area contributed by atoms with Crippen LogP contribution in [0.15, 0.2) is 42.5 Å². The zero-order valence-electron chi connectivity index (χ0n) is 15.7. The number of nitro benzene ring substituents is 1. The van der Waals surface area contributed by atoms with Crippen molar-refractivity contribution in [3.05, 3.63) is 74.8 Å². The molecule has 132 valence electrons. The van der Waals surface area contributed by atoms with E-state index in [4.69, 9.17) is 0 Å². The summed E-state index contributed by atoms with van der Waals surface area (Å²) in [5.74, 6) is -0.186. The standard InChI is InChI=1S/C21H25NO3/c1-20(2,3)16-13-17(21(4,5)6)18(22(24)25)12-15(16)19(23)14-10-8-7-9-11-14/h7-13H,1-6H3. The van der Waals surface area contributed by atoms with Gasteiger partial charge in [0.15, 0.2) is 5.78 Å². The van der Waals surface area contributed by atoms with Crippen LogP contribution in [0, 0.1) is 10.1 Å². The minimum absolute atomic E-state index is 0.000203. The molecule has 2 rings (SSSR count). The molecular weight excluding hydrogens is 314 g/mol. The van der Waals surface area contributed by atoms with E-state index in [9.17, 15) is 14.9 Å². The summed E-state index contributed by atoms with van der Waals surface area (Å²) in [6.07, 6.45) is 0. The Morgan fingerprint density at radius 3 is 1.84 bits per heavy atom. The Morgan fingerprint density at radius 1 is 0.880 bits per heavy atom. The number of nitrogens with zero attached hydrogens (tertiary/aromatic N) is 1. The number of benzene rings is 2. The SMILES string of the molecule is CC(C)(C)c1cc(C(C)(C)C)c([N+](=O)[O-])cc1C(=O)c1ccccc1. The molecule has 0 saturated carbocycles. The third-order valence-electron chi connectivity index (χ3n) is 4.23. The van der Waals surface area contributed by atoms with Crippen LogP contribution in [0.25, 0.3) is 0 Å². The van der Waals surface area contributed by atoms with Crippen molar-refractivity contribution >= 4 is 11.5 Å². The molecule has 0 spiro atoms. The summed E-state index contributed by atoms with van der Waals surface area (Å²) in [6.45, 7) is 11.9. The molecule has 0 aliphatic heterocycles. The fraction of sp³-hybridized carbons (Fsp3) is 0.381. The molecule has 2 aromatic rings. The van der Waals surface area contributed by atoms with Gasteiger partial charge in [0.25, 0.3) is 5.69 Å². The average Bonchev–Trinajstić information content (AvgIpc) is 2.52. The second kappa shape index (κ2) is 6.43. The number of ketones is 1. The van der Waals surface area contributed by atoms with Gasteiger partial charge >= 0.3 is 0 Å². The molecule has 0 saturated heterocycles. The maximum absolute atomic E-state index is 13.0. The second-order valence-electron chi connectivity index (χ2n) is 8.37. The lowest BCUT2D eigenvalue weighted by molar-refractivity contribution is -0.386. The largest absolute Gasteiger partial charge is 0.289 e. The van der Waals surface area contributed by atoms with Crippen molar-refractivity contribution in [2.75, 3.05) is 0 Å². The molecule has 0 aliphatic rings. The van der Waals surface area contributed by atoms with Crippen molar-refractivity contribution in [3.63, 3.8) is 0 Å². The monoisotopic (exact) mass is 339 g/mol. The van der Waals surface area contributed by atoms with Crippen LogP contribution >= 0.6 is 0 Å². The van der Waals surface area contributed by atoms with Crippen LogP contribution in [0.3, 0.4) is 0 Å². The first kappa shape index (κ1) is 18.8. The van der Waals surface area contributed by atoms with Crippen molar-refractivity contribution in [2.45, 2.75) is 52.4 Å². The number of rotatable bonds is 3. The van der Waals surface area contributed by atoms with Gasteiger partial charge < -0.3 is 0 Å². The van der Waals surface area contributed by atoms with Gasteiger partial charge in [-0.15, -0.1) is 0 Å². The predicted molar refractivity (Wildman–Crippen MR) is 100 cm³/mol. The maximum atomic E-state index is 13.0. The first-order chi connectivity index (χ1) is 11.4. The lowest BCUT2D eigenvalue weighted by Gasteiger charge is -2.27. The first-order valence-electron chi connectivity index (χ1n) is 8.36. The zero-order chi connectivity index (χ0) is 19.0. The van der Waals surface area contributed by atoms with Gasteiger partial charge in [0.1, 0.15) is 0 Å². The van der Waals surface area contributed by atoms with Crippen molar-refractivity contribution in [1.82, 2.24) is 0 Å². The maximum Gasteiger partial charge on any atom is 0.273 e. The van der Waals surface area contributed by atoms with E-state index in [0.29, 0.717) is 16.7 Å². The van der Waals surface area contributed by atoms with Crippen LogP contribution in [0.5, 0.6) is 0 Å². The smallest absolute Gasteiger partial charge is 0.273 e. The Hall–Kier alpha value is -2.49. The number of carbonyl (C=O) groups excluding carboxylic acids is 1. The summed E-state index contributed by atoms with van der Waals surface area (Å²) in [7, 11) is 0. The van der Waals surface area contributed by atoms with Crippen LogP contribution in [-0.4, -0.2) is 10.7 Å². The number of carbonyl (C=O) groups is 1. The quantitative estimate of drug-likeness (QED) is 0.426. The molecule has 0 heterocycles. The Kier molecular flexibility index (Phi) is 4.85. The third-order valence-corrected chi connectivity index (χ3v) is 4.23. The van der Waals surface area contributed by atoms with Crippen LogP contribution < -0.4 is 0 Å². The lowest BCUT2D eigenvalue weighted by Crippen LogP contribution is -2.22.